The highest BCUT2D eigenvalue weighted by Gasteiger charge is 2.25. The molecule has 0 spiro atoms. The molecule has 2 heterocycles. The van der Waals surface area contributed by atoms with Crippen molar-refractivity contribution in [3.8, 4) is 0 Å². The summed E-state index contributed by atoms with van der Waals surface area (Å²) in [4.78, 5) is 27.7. The zero-order valence-corrected chi connectivity index (χ0v) is 14.9. The number of piperidine rings is 2. The van der Waals surface area contributed by atoms with Crippen molar-refractivity contribution >= 4 is 11.8 Å². The summed E-state index contributed by atoms with van der Waals surface area (Å²) in [7, 11) is 2.00. The third kappa shape index (κ3) is 5.79. The Morgan fingerprint density at radius 1 is 0.913 bits per heavy atom. The first-order valence-corrected chi connectivity index (χ1v) is 9.28. The Kier molecular flexibility index (Phi) is 7.34. The van der Waals surface area contributed by atoms with Gasteiger partial charge < -0.3 is 15.1 Å². The predicted octanol–water partition coefficient (Wildman–Crippen LogP) is 1.87. The van der Waals surface area contributed by atoms with E-state index in [9.17, 15) is 9.59 Å². The fraction of sp³-hybridized carbons (Fsp3) is 0.889. The molecule has 1 N–H and O–H groups in total. The van der Waals surface area contributed by atoms with Crippen LogP contribution in [0, 0.1) is 11.8 Å². The molecule has 0 aromatic carbocycles. The van der Waals surface area contributed by atoms with Gasteiger partial charge >= 0.3 is 0 Å². The highest BCUT2D eigenvalue weighted by molar-refractivity contribution is 5.76. The largest absolute Gasteiger partial charge is 0.343 e. The number of rotatable bonds is 6. The molecule has 0 aliphatic carbocycles. The number of hydrogen-bond donors (Lipinski definition) is 1. The van der Waals surface area contributed by atoms with Crippen LogP contribution in [0.4, 0.5) is 0 Å². The topological polar surface area (TPSA) is 52.7 Å². The molecule has 0 bridgehead atoms. The van der Waals surface area contributed by atoms with Gasteiger partial charge in [0.15, 0.2) is 0 Å². The van der Waals surface area contributed by atoms with E-state index in [0.29, 0.717) is 18.2 Å². The van der Waals surface area contributed by atoms with Crippen molar-refractivity contribution in [2.75, 3.05) is 39.8 Å². The van der Waals surface area contributed by atoms with E-state index in [1.807, 2.05) is 11.9 Å². The Morgan fingerprint density at radius 3 is 1.96 bits per heavy atom. The molecule has 0 unspecified atom stereocenters. The van der Waals surface area contributed by atoms with Crippen LogP contribution in [0.25, 0.3) is 0 Å². The molecule has 0 atom stereocenters. The zero-order chi connectivity index (χ0) is 16.7. The van der Waals surface area contributed by atoms with E-state index in [2.05, 4.69) is 10.2 Å². The maximum absolute atomic E-state index is 12.4. The van der Waals surface area contributed by atoms with Crippen LogP contribution in [0.15, 0.2) is 0 Å². The van der Waals surface area contributed by atoms with Gasteiger partial charge in [0.2, 0.25) is 11.8 Å². The second-order valence-corrected chi connectivity index (χ2v) is 7.20. The first-order chi connectivity index (χ1) is 11.1. The van der Waals surface area contributed by atoms with Crippen LogP contribution in [-0.4, -0.2) is 61.4 Å². The van der Waals surface area contributed by atoms with Gasteiger partial charge in [-0.2, -0.15) is 0 Å². The number of carbonyl (C=O) groups excluding carboxylic acids is 2. The fourth-order valence-corrected chi connectivity index (χ4v) is 3.84. The van der Waals surface area contributed by atoms with E-state index in [-0.39, 0.29) is 5.91 Å². The van der Waals surface area contributed by atoms with E-state index in [1.165, 1.54) is 6.42 Å². The molecular weight excluding hydrogens is 290 g/mol. The summed E-state index contributed by atoms with van der Waals surface area (Å²) in [5.41, 5.74) is 0. The van der Waals surface area contributed by atoms with Crippen LogP contribution in [0.2, 0.25) is 0 Å². The maximum Gasteiger partial charge on any atom is 0.222 e. The van der Waals surface area contributed by atoms with Crippen molar-refractivity contribution in [1.82, 2.24) is 15.1 Å². The van der Waals surface area contributed by atoms with E-state index in [4.69, 9.17) is 0 Å². The quantitative estimate of drug-likeness (QED) is 0.812. The van der Waals surface area contributed by atoms with Crippen molar-refractivity contribution in [3.63, 3.8) is 0 Å². The van der Waals surface area contributed by atoms with Gasteiger partial charge in [0, 0.05) is 39.5 Å². The van der Waals surface area contributed by atoms with Crippen molar-refractivity contribution in [2.24, 2.45) is 11.8 Å². The number of nitrogens with one attached hydrogen (secondary N) is 1. The Morgan fingerprint density at radius 2 is 1.43 bits per heavy atom. The lowest BCUT2D eigenvalue weighted by Crippen LogP contribution is -2.40. The molecule has 0 aromatic rings. The summed E-state index contributed by atoms with van der Waals surface area (Å²) in [5.74, 6) is 1.91. The van der Waals surface area contributed by atoms with Crippen molar-refractivity contribution in [3.05, 3.63) is 0 Å². The van der Waals surface area contributed by atoms with Gasteiger partial charge in [0.05, 0.1) is 0 Å². The minimum atomic E-state index is 0.181. The monoisotopic (exact) mass is 323 g/mol. The number of amides is 2. The second kappa shape index (κ2) is 9.26. The molecule has 2 saturated heterocycles. The summed E-state index contributed by atoms with van der Waals surface area (Å²) in [6, 6.07) is 0. The molecule has 0 radical (unpaired) electrons. The number of likely N-dealkylation sites (tertiary alicyclic amines) is 2. The van der Waals surface area contributed by atoms with Crippen molar-refractivity contribution in [1.29, 1.82) is 0 Å². The SMILES string of the molecule is CNCCC1CCN(C(=O)CCC2CCN(C(C)=O)CC2)CC1. The summed E-state index contributed by atoms with van der Waals surface area (Å²) in [6.45, 7) is 6.34. The standard InChI is InChI=1S/C18H33N3O2/c1-15(22)20-11-6-16(7-12-20)3-4-18(23)21-13-8-17(9-14-21)5-10-19-2/h16-17,19H,3-14H2,1-2H3. The Balaban J connectivity index is 1.61. The van der Waals surface area contributed by atoms with Gasteiger partial charge in [-0.05, 0) is 64.0 Å². The maximum atomic E-state index is 12.4. The Labute approximate surface area is 140 Å². The fourth-order valence-electron chi connectivity index (χ4n) is 3.84. The molecule has 23 heavy (non-hydrogen) atoms. The van der Waals surface area contributed by atoms with Gasteiger partial charge in [0.25, 0.3) is 0 Å². The van der Waals surface area contributed by atoms with Crippen LogP contribution in [0.1, 0.15) is 51.9 Å². The van der Waals surface area contributed by atoms with Gasteiger partial charge in [-0.25, -0.2) is 0 Å². The first-order valence-electron chi connectivity index (χ1n) is 9.28. The number of nitrogens with zero attached hydrogens (tertiary/aromatic N) is 2. The lowest BCUT2D eigenvalue weighted by Gasteiger charge is -2.33. The zero-order valence-electron chi connectivity index (χ0n) is 14.9. The van der Waals surface area contributed by atoms with E-state index < -0.39 is 0 Å². The summed E-state index contributed by atoms with van der Waals surface area (Å²) < 4.78 is 0. The summed E-state index contributed by atoms with van der Waals surface area (Å²) >= 11 is 0. The van der Waals surface area contributed by atoms with E-state index >= 15 is 0 Å². The minimum absolute atomic E-state index is 0.181. The molecule has 5 nitrogen and oxygen atoms in total. The first kappa shape index (κ1) is 18.2. The molecule has 2 fully saturated rings. The highest BCUT2D eigenvalue weighted by Crippen LogP contribution is 2.24. The van der Waals surface area contributed by atoms with Crippen LogP contribution in [0.5, 0.6) is 0 Å². The van der Waals surface area contributed by atoms with Crippen molar-refractivity contribution < 1.29 is 9.59 Å². The van der Waals surface area contributed by atoms with Crippen LogP contribution >= 0.6 is 0 Å². The Hall–Kier alpha value is -1.10. The third-order valence-electron chi connectivity index (χ3n) is 5.60. The van der Waals surface area contributed by atoms with Gasteiger partial charge in [-0.3, -0.25) is 9.59 Å². The second-order valence-electron chi connectivity index (χ2n) is 7.20. The summed E-state index contributed by atoms with van der Waals surface area (Å²) in [6.07, 6.45) is 7.33. The molecule has 2 aliphatic heterocycles. The molecule has 2 aliphatic rings. The predicted molar refractivity (Wildman–Crippen MR) is 92.1 cm³/mol. The molecule has 0 aromatic heterocycles. The molecule has 2 amide bonds. The number of carbonyl (C=O) groups is 2. The molecule has 2 rings (SSSR count). The average Bonchev–Trinajstić information content (AvgIpc) is 2.58. The average molecular weight is 323 g/mol. The molecular formula is C18H33N3O2. The van der Waals surface area contributed by atoms with Crippen molar-refractivity contribution in [2.45, 2.75) is 51.9 Å². The normalized spacial score (nSPS) is 20.8. The highest BCUT2D eigenvalue weighted by atomic mass is 16.2. The van der Waals surface area contributed by atoms with Gasteiger partial charge in [0.1, 0.15) is 0 Å². The minimum Gasteiger partial charge on any atom is -0.343 e. The molecule has 0 saturated carbocycles. The van der Waals surface area contributed by atoms with E-state index in [0.717, 1.165) is 70.7 Å². The lowest BCUT2D eigenvalue weighted by atomic mass is 9.91. The van der Waals surface area contributed by atoms with Crippen LogP contribution in [0.3, 0.4) is 0 Å². The van der Waals surface area contributed by atoms with E-state index in [1.54, 1.807) is 6.92 Å². The van der Waals surface area contributed by atoms with Crippen LogP contribution in [-0.2, 0) is 9.59 Å². The van der Waals surface area contributed by atoms with Crippen LogP contribution < -0.4 is 5.32 Å². The number of hydrogen-bond acceptors (Lipinski definition) is 3. The lowest BCUT2D eigenvalue weighted by molar-refractivity contribution is -0.134. The molecule has 5 heteroatoms. The third-order valence-corrected chi connectivity index (χ3v) is 5.60. The van der Waals surface area contributed by atoms with Gasteiger partial charge in [-0.15, -0.1) is 0 Å². The molecule has 132 valence electrons. The smallest absolute Gasteiger partial charge is 0.222 e. The Bertz CT molecular complexity index is 384. The summed E-state index contributed by atoms with van der Waals surface area (Å²) in [5, 5.41) is 3.21. The van der Waals surface area contributed by atoms with Gasteiger partial charge in [-0.1, -0.05) is 0 Å².